The predicted molar refractivity (Wildman–Crippen MR) is 69.2 cm³/mol. The lowest BCUT2D eigenvalue weighted by atomic mass is 9.94. The predicted octanol–water partition coefficient (Wildman–Crippen LogP) is 1.18. The fourth-order valence-corrected chi connectivity index (χ4v) is 1.84. The molecule has 0 aromatic carbocycles. The highest BCUT2D eigenvalue weighted by Gasteiger charge is 2.42. The van der Waals surface area contributed by atoms with Crippen LogP contribution in [0.25, 0.3) is 0 Å². The topological polar surface area (TPSA) is 121 Å². The van der Waals surface area contributed by atoms with Gasteiger partial charge < -0.3 is 20.1 Å². The molecule has 7 heteroatoms. The highest BCUT2D eigenvalue weighted by atomic mass is 16.6. The largest absolute Gasteiger partial charge is 0.481 e. The summed E-state index contributed by atoms with van der Waals surface area (Å²) in [4.78, 5) is 33.3. The molecule has 0 bridgehead atoms. The molecule has 2 atom stereocenters. The van der Waals surface area contributed by atoms with E-state index < -0.39 is 42.0 Å². The molecule has 0 spiro atoms. The number of aliphatic carboxylic acids is 2. The van der Waals surface area contributed by atoms with Crippen LogP contribution in [0.5, 0.6) is 0 Å². The molecular formula is C13H22O7. The van der Waals surface area contributed by atoms with Crippen molar-refractivity contribution in [3.8, 4) is 0 Å². The smallest absolute Gasteiger partial charge is 0.336 e. The summed E-state index contributed by atoms with van der Waals surface area (Å²) >= 11 is 0. The summed E-state index contributed by atoms with van der Waals surface area (Å²) in [6.45, 7) is 5.45. The van der Waals surface area contributed by atoms with Gasteiger partial charge in [0.05, 0.1) is 12.8 Å². The maximum atomic E-state index is 11.8. The van der Waals surface area contributed by atoms with Gasteiger partial charge in [-0.2, -0.15) is 0 Å². The lowest BCUT2D eigenvalue weighted by Crippen LogP contribution is -2.44. The maximum absolute atomic E-state index is 11.8. The number of hydrogen-bond donors (Lipinski definition) is 3. The van der Waals surface area contributed by atoms with Gasteiger partial charge in [-0.05, 0) is 19.8 Å². The van der Waals surface area contributed by atoms with E-state index in [9.17, 15) is 19.5 Å². The average molecular weight is 290 g/mol. The molecule has 0 rings (SSSR count). The number of carboxylic acid groups (broad SMARTS) is 2. The van der Waals surface area contributed by atoms with Crippen LogP contribution < -0.4 is 0 Å². The van der Waals surface area contributed by atoms with Gasteiger partial charge in [-0.3, -0.25) is 9.59 Å². The minimum atomic E-state index is -2.65. The van der Waals surface area contributed by atoms with E-state index in [0.717, 1.165) is 6.42 Å². The number of carboxylic acids is 2. The first-order valence-electron chi connectivity index (χ1n) is 6.48. The van der Waals surface area contributed by atoms with E-state index in [1.807, 2.05) is 13.8 Å². The van der Waals surface area contributed by atoms with Crippen molar-refractivity contribution in [2.75, 3.05) is 0 Å². The Morgan fingerprint density at radius 1 is 1.10 bits per heavy atom. The number of aliphatic hydroxyl groups is 1. The van der Waals surface area contributed by atoms with Gasteiger partial charge in [-0.25, -0.2) is 4.79 Å². The van der Waals surface area contributed by atoms with E-state index in [2.05, 4.69) is 0 Å². The standard InChI is InChI=1S/C13H22O7/c1-4-6-12(3,5-2)20-10(16)8-13(19,11(17)18)7-9(14)15/h19H,4-8H2,1-3H3,(H,14,15)(H,17,18). The van der Waals surface area contributed by atoms with Crippen LogP contribution >= 0.6 is 0 Å². The van der Waals surface area contributed by atoms with Crippen LogP contribution in [0.2, 0.25) is 0 Å². The highest BCUT2D eigenvalue weighted by molar-refractivity contribution is 5.88. The van der Waals surface area contributed by atoms with E-state index in [-0.39, 0.29) is 0 Å². The molecule has 0 saturated carbocycles. The van der Waals surface area contributed by atoms with E-state index in [0.29, 0.717) is 12.8 Å². The SMILES string of the molecule is CCCC(C)(CC)OC(=O)CC(O)(CC(=O)O)C(=O)O. The molecule has 7 nitrogen and oxygen atoms in total. The van der Waals surface area contributed by atoms with Crippen molar-refractivity contribution in [2.24, 2.45) is 0 Å². The molecule has 3 N–H and O–H groups in total. The minimum Gasteiger partial charge on any atom is -0.481 e. The Morgan fingerprint density at radius 2 is 1.65 bits per heavy atom. The van der Waals surface area contributed by atoms with E-state index in [4.69, 9.17) is 14.9 Å². The van der Waals surface area contributed by atoms with Crippen LogP contribution in [-0.4, -0.2) is 44.4 Å². The number of esters is 1. The second-order valence-corrected chi connectivity index (χ2v) is 5.11. The molecule has 0 aliphatic heterocycles. The zero-order valence-electron chi connectivity index (χ0n) is 12.0. The average Bonchev–Trinajstić information content (AvgIpc) is 2.27. The molecule has 0 aromatic rings. The first-order chi connectivity index (χ1) is 9.08. The molecule has 0 aromatic heterocycles. The molecular weight excluding hydrogens is 268 g/mol. The second-order valence-electron chi connectivity index (χ2n) is 5.11. The van der Waals surface area contributed by atoms with Crippen LogP contribution in [0.3, 0.4) is 0 Å². The number of ether oxygens (including phenoxy) is 1. The normalized spacial score (nSPS) is 16.8. The zero-order valence-corrected chi connectivity index (χ0v) is 12.0. The Hall–Kier alpha value is -1.63. The summed E-state index contributed by atoms with van der Waals surface area (Å²) in [5, 5.41) is 27.2. The Labute approximate surface area is 117 Å². The molecule has 116 valence electrons. The summed E-state index contributed by atoms with van der Waals surface area (Å²) in [6, 6.07) is 0. The van der Waals surface area contributed by atoms with Gasteiger partial charge in [0.15, 0.2) is 5.60 Å². The molecule has 20 heavy (non-hydrogen) atoms. The van der Waals surface area contributed by atoms with Crippen molar-refractivity contribution in [1.29, 1.82) is 0 Å². The van der Waals surface area contributed by atoms with Gasteiger partial charge in [0.25, 0.3) is 0 Å². The molecule has 0 saturated heterocycles. The summed E-state index contributed by atoms with van der Waals surface area (Å²) in [6.07, 6.45) is -0.0470. The van der Waals surface area contributed by atoms with Crippen molar-refractivity contribution in [3.05, 3.63) is 0 Å². The van der Waals surface area contributed by atoms with Crippen molar-refractivity contribution in [1.82, 2.24) is 0 Å². The Balaban J connectivity index is 4.86. The third-order valence-electron chi connectivity index (χ3n) is 3.17. The van der Waals surface area contributed by atoms with E-state index in [1.165, 1.54) is 0 Å². The fraction of sp³-hybridized carbons (Fsp3) is 0.769. The Kier molecular flexibility index (Phi) is 6.64. The van der Waals surface area contributed by atoms with Crippen LogP contribution in [0.4, 0.5) is 0 Å². The third kappa shape index (κ3) is 5.56. The first-order valence-corrected chi connectivity index (χ1v) is 6.48. The number of hydrogen-bond acceptors (Lipinski definition) is 5. The fourth-order valence-electron chi connectivity index (χ4n) is 1.84. The summed E-state index contributed by atoms with van der Waals surface area (Å²) in [7, 11) is 0. The Bertz CT molecular complexity index is 379. The van der Waals surface area contributed by atoms with Crippen molar-refractivity contribution in [3.63, 3.8) is 0 Å². The molecule has 0 aliphatic carbocycles. The van der Waals surface area contributed by atoms with Gasteiger partial charge in [-0.1, -0.05) is 20.3 Å². The van der Waals surface area contributed by atoms with Crippen molar-refractivity contribution in [2.45, 2.75) is 64.1 Å². The van der Waals surface area contributed by atoms with Crippen molar-refractivity contribution >= 4 is 17.9 Å². The van der Waals surface area contributed by atoms with Gasteiger partial charge in [0.1, 0.15) is 5.60 Å². The number of carbonyl (C=O) groups is 3. The zero-order chi connectivity index (χ0) is 16.0. The minimum absolute atomic E-state index is 0.539. The molecule has 0 heterocycles. The molecule has 0 radical (unpaired) electrons. The maximum Gasteiger partial charge on any atom is 0.336 e. The van der Waals surface area contributed by atoms with Crippen LogP contribution in [0, 0.1) is 0 Å². The van der Waals surface area contributed by atoms with Gasteiger partial charge >= 0.3 is 17.9 Å². The van der Waals surface area contributed by atoms with Crippen molar-refractivity contribution < 1.29 is 34.4 Å². The van der Waals surface area contributed by atoms with Gasteiger partial charge in [0, 0.05) is 0 Å². The number of carbonyl (C=O) groups excluding carboxylic acids is 1. The molecule has 0 fully saturated rings. The lowest BCUT2D eigenvalue weighted by molar-refractivity contribution is -0.177. The van der Waals surface area contributed by atoms with Crippen LogP contribution in [0.1, 0.15) is 52.9 Å². The third-order valence-corrected chi connectivity index (χ3v) is 3.17. The van der Waals surface area contributed by atoms with Crippen LogP contribution in [0.15, 0.2) is 0 Å². The Morgan fingerprint density at radius 3 is 2.00 bits per heavy atom. The lowest BCUT2D eigenvalue weighted by Gasteiger charge is -2.29. The quantitative estimate of drug-likeness (QED) is 0.545. The van der Waals surface area contributed by atoms with Gasteiger partial charge in [0.2, 0.25) is 0 Å². The summed E-state index contributed by atoms with van der Waals surface area (Å²) in [5.41, 5.74) is -3.39. The summed E-state index contributed by atoms with van der Waals surface area (Å²) < 4.78 is 5.20. The molecule has 2 unspecified atom stereocenters. The summed E-state index contributed by atoms with van der Waals surface area (Å²) in [5.74, 6) is -4.19. The van der Waals surface area contributed by atoms with E-state index in [1.54, 1.807) is 6.92 Å². The molecule has 0 amide bonds. The van der Waals surface area contributed by atoms with Gasteiger partial charge in [-0.15, -0.1) is 0 Å². The number of rotatable bonds is 9. The first kappa shape index (κ1) is 18.4. The highest BCUT2D eigenvalue weighted by Crippen LogP contribution is 2.25. The monoisotopic (exact) mass is 290 g/mol. The second kappa shape index (κ2) is 7.23. The van der Waals surface area contributed by atoms with E-state index >= 15 is 0 Å². The molecule has 0 aliphatic rings. The van der Waals surface area contributed by atoms with Crippen LogP contribution in [-0.2, 0) is 19.1 Å².